The molecule has 112 valence electrons. The topological polar surface area (TPSA) is 117 Å². The molecule has 0 saturated heterocycles. The van der Waals surface area contributed by atoms with Crippen molar-refractivity contribution in [3.8, 4) is 10.6 Å². The molecule has 3 aromatic heterocycles. The van der Waals surface area contributed by atoms with Crippen molar-refractivity contribution < 1.29 is 19.8 Å². The number of hydrogen-bond acceptors (Lipinski definition) is 6. The molecule has 0 bridgehead atoms. The lowest BCUT2D eigenvalue weighted by Crippen LogP contribution is -2.12. The van der Waals surface area contributed by atoms with E-state index in [4.69, 9.17) is 10.2 Å². The van der Waals surface area contributed by atoms with E-state index < -0.39 is 6.09 Å². The van der Waals surface area contributed by atoms with Crippen LogP contribution in [0.3, 0.4) is 0 Å². The summed E-state index contributed by atoms with van der Waals surface area (Å²) < 4.78 is 1.25. The predicted octanol–water partition coefficient (Wildman–Crippen LogP) is 1.85. The number of aliphatic hydroxyl groups excluding tert-OH is 1. The van der Waals surface area contributed by atoms with Gasteiger partial charge in [-0.25, -0.2) is 9.78 Å². The molecule has 0 spiro atoms. The number of anilines is 1. The van der Waals surface area contributed by atoms with E-state index in [-0.39, 0.29) is 23.6 Å². The van der Waals surface area contributed by atoms with Crippen LogP contribution in [0.2, 0.25) is 0 Å². The standard InChI is InChI=1S/C13H10N4O4S/c18-5-7-4-14-17-11(16-13(20)21)3-9(15-12(7)17)10-2-1-8(6-19)22-10/h1-5,16,19H,6H2,(H,20,21). The summed E-state index contributed by atoms with van der Waals surface area (Å²) in [5.74, 6) is 0.180. The maximum atomic E-state index is 11.1. The molecular formula is C13H10N4O4S. The lowest BCUT2D eigenvalue weighted by molar-refractivity contribution is 0.112. The largest absolute Gasteiger partial charge is 0.465 e. The minimum Gasteiger partial charge on any atom is -0.465 e. The molecule has 22 heavy (non-hydrogen) atoms. The van der Waals surface area contributed by atoms with E-state index in [1.54, 1.807) is 12.1 Å². The number of carbonyl (C=O) groups is 2. The Bertz CT molecular complexity index is 870. The third-order valence-electron chi connectivity index (χ3n) is 2.93. The highest BCUT2D eigenvalue weighted by Crippen LogP contribution is 2.29. The van der Waals surface area contributed by atoms with E-state index in [1.165, 1.54) is 28.1 Å². The Kier molecular flexibility index (Phi) is 3.57. The van der Waals surface area contributed by atoms with E-state index in [2.05, 4.69) is 15.4 Å². The number of aliphatic hydroxyl groups is 1. The van der Waals surface area contributed by atoms with Gasteiger partial charge in [0.1, 0.15) is 5.82 Å². The Balaban J connectivity index is 2.21. The zero-order valence-corrected chi connectivity index (χ0v) is 11.9. The minimum absolute atomic E-state index is 0.0839. The van der Waals surface area contributed by atoms with Gasteiger partial charge in [-0.3, -0.25) is 10.1 Å². The van der Waals surface area contributed by atoms with Crippen LogP contribution in [0.15, 0.2) is 24.4 Å². The lowest BCUT2D eigenvalue weighted by atomic mass is 10.3. The molecule has 9 heteroatoms. The molecule has 3 heterocycles. The molecule has 1 amide bonds. The second-order valence-electron chi connectivity index (χ2n) is 4.33. The first-order valence-corrected chi connectivity index (χ1v) is 6.98. The summed E-state index contributed by atoms with van der Waals surface area (Å²) in [5.41, 5.74) is 1.01. The summed E-state index contributed by atoms with van der Waals surface area (Å²) in [6, 6.07) is 5.05. The Hall–Kier alpha value is -2.78. The number of carbonyl (C=O) groups excluding carboxylic acids is 1. The van der Waals surface area contributed by atoms with Crippen LogP contribution in [0.4, 0.5) is 10.6 Å². The zero-order valence-electron chi connectivity index (χ0n) is 11.1. The van der Waals surface area contributed by atoms with Gasteiger partial charge in [0.2, 0.25) is 0 Å². The molecule has 0 atom stereocenters. The fraction of sp³-hybridized carbons (Fsp3) is 0.0769. The third kappa shape index (κ3) is 2.43. The van der Waals surface area contributed by atoms with Crippen LogP contribution in [0, 0.1) is 0 Å². The van der Waals surface area contributed by atoms with Gasteiger partial charge in [-0.2, -0.15) is 9.61 Å². The number of thiophene rings is 1. The molecule has 0 aliphatic rings. The van der Waals surface area contributed by atoms with Crippen molar-refractivity contribution in [2.75, 3.05) is 5.32 Å². The number of carboxylic acid groups (broad SMARTS) is 1. The molecule has 0 aliphatic carbocycles. The second kappa shape index (κ2) is 5.54. The van der Waals surface area contributed by atoms with Crippen molar-refractivity contribution >= 4 is 35.2 Å². The van der Waals surface area contributed by atoms with Crippen LogP contribution in [0.5, 0.6) is 0 Å². The molecule has 3 N–H and O–H groups in total. The number of rotatable bonds is 4. The number of nitrogens with zero attached hydrogens (tertiary/aromatic N) is 3. The number of aldehydes is 1. The SMILES string of the molecule is O=Cc1cnn2c(NC(=O)O)cc(-c3ccc(CO)s3)nc12. The zero-order chi connectivity index (χ0) is 15.7. The van der Waals surface area contributed by atoms with Crippen molar-refractivity contribution in [1.82, 2.24) is 14.6 Å². The summed E-state index contributed by atoms with van der Waals surface area (Å²) in [7, 11) is 0. The van der Waals surface area contributed by atoms with Gasteiger partial charge < -0.3 is 10.2 Å². The lowest BCUT2D eigenvalue weighted by Gasteiger charge is -2.06. The fourth-order valence-corrected chi connectivity index (χ4v) is 2.82. The quantitative estimate of drug-likeness (QED) is 0.632. The molecule has 0 aromatic carbocycles. The van der Waals surface area contributed by atoms with Gasteiger partial charge in [-0.15, -0.1) is 11.3 Å². The molecule has 0 radical (unpaired) electrons. The van der Waals surface area contributed by atoms with Crippen molar-refractivity contribution in [3.05, 3.63) is 34.8 Å². The first-order chi connectivity index (χ1) is 10.6. The van der Waals surface area contributed by atoms with Gasteiger partial charge in [0, 0.05) is 10.9 Å². The number of amides is 1. The van der Waals surface area contributed by atoms with Gasteiger partial charge in [-0.05, 0) is 12.1 Å². The van der Waals surface area contributed by atoms with Gasteiger partial charge in [0.25, 0.3) is 0 Å². The van der Waals surface area contributed by atoms with Crippen molar-refractivity contribution in [2.24, 2.45) is 0 Å². The van der Waals surface area contributed by atoms with Crippen LogP contribution in [0.1, 0.15) is 15.2 Å². The van der Waals surface area contributed by atoms with Crippen LogP contribution < -0.4 is 5.32 Å². The average molecular weight is 318 g/mol. The van der Waals surface area contributed by atoms with E-state index in [9.17, 15) is 9.59 Å². The van der Waals surface area contributed by atoms with Crippen molar-refractivity contribution in [1.29, 1.82) is 0 Å². The summed E-state index contributed by atoms with van der Waals surface area (Å²) in [4.78, 5) is 27.8. The molecule has 3 rings (SSSR count). The molecule has 0 saturated carbocycles. The van der Waals surface area contributed by atoms with Gasteiger partial charge in [0.05, 0.1) is 28.9 Å². The van der Waals surface area contributed by atoms with Crippen LogP contribution in [0.25, 0.3) is 16.2 Å². The number of fused-ring (bicyclic) bond motifs is 1. The smallest absolute Gasteiger partial charge is 0.410 e. The summed E-state index contributed by atoms with van der Waals surface area (Å²) in [6.07, 6.45) is 0.681. The number of aromatic nitrogens is 3. The second-order valence-corrected chi connectivity index (χ2v) is 5.50. The van der Waals surface area contributed by atoms with Crippen LogP contribution in [-0.4, -0.2) is 37.2 Å². The predicted molar refractivity (Wildman–Crippen MR) is 79.3 cm³/mol. The summed E-state index contributed by atoms with van der Waals surface area (Å²) in [6.45, 7) is -0.0839. The van der Waals surface area contributed by atoms with Crippen molar-refractivity contribution in [2.45, 2.75) is 6.61 Å². The Labute approximate surface area is 127 Å². The maximum Gasteiger partial charge on any atom is 0.410 e. The van der Waals surface area contributed by atoms with Crippen molar-refractivity contribution in [3.63, 3.8) is 0 Å². The first-order valence-electron chi connectivity index (χ1n) is 6.16. The van der Waals surface area contributed by atoms with Gasteiger partial charge in [0.15, 0.2) is 11.9 Å². The number of hydrogen-bond donors (Lipinski definition) is 3. The van der Waals surface area contributed by atoms with E-state index in [0.717, 1.165) is 9.75 Å². The molecule has 0 aliphatic heterocycles. The molecule has 0 unspecified atom stereocenters. The molecule has 0 fully saturated rings. The van der Waals surface area contributed by atoms with Crippen LogP contribution in [-0.2, 0) is 6.61 Å². The third-order valence-corrected chi connectivity index (χ3v) is 4.02. The maximum absolute atomic E-state index is 11.1. The van der Waals surface area contributed by atoms with Gasteiger partial charge >= 0.3 is 6.09 Å². The highest BCUT2D eigenvalue weighted by molar-refractivity contribution is 7.15. The van der Waals surface area contributed by atoms with Gasteiger partial charge in [-0.1, -0.05) is 0 Å². The first kappa shape index (κ1) is 14.2. The minimum atomic E-state index is -1.25. The highest BCUT2D eigenvalue weighted by Gasteiger charge is 2.14. The fourth-order valence-electron chi connectivity index (χ4n) is 1.99. The number of nitrogens with one attached hydrogen (secondary N) is 1. The average Bonchev–Trinajstić information content (AvgIpc) is 3.12. The van der Waals surface area contributed by atoms with Crippen LogP contribution >= 0.6 is 11.3 Å². The monoisotopic (exact) mass is 318 g/mol. The normalized spacial score (nSPS) is 10.8. The van der Waals surface area contributed by atoms with E-state index in [0.29, 0.717) is 12.0 Å². The van der Waals surface area contributed by atoms with E-state index in [1.807, 2.05) is 0 Å². The molecule has 3 aromatic rings. The Morgan fingerprint density at radius 1 is 1.45 bits per heavy atom. The Morgan fingerprint density at radius 2 is 2.27 bits per heavy atom. The van der Waals surface area contributed by atoms with E-state index >= 15 is 0 Å². The summed E-state index contributed by atoms with van der Waals surface area (Å²) >= 11 is 1.33. The Morgan fingerprint density at radius 3 is 2.91 bits per heavy atom. The highest BCUT2D eigenvalue weighted by atomic mass is 32.1. The summed E-state index contributed by atoms with van der Waals surface area (Å²) in [5, 5.41) is 24.2. The molecule has 8 nitrogen and oxygen atoms in total. The molecular weight excluding hydrogens is 308 g/mol.